The maximum absolute atomic E-state index is 12.2. The van der Waals surface area contributed by atoms with Gasteiger partial charge in [-0.15, -0.1) is 0 Å². The van der Waals surface area contributed by atoms with Crippen molar-refractivity contribution >= 4 is 23.5 Å². The first-order valence-corrected chi connectivity index (χ1v) is 9.98. The molecule has 1 aromatic carbocycles. The van der Waals surface area contributed by atoms with Crippen molar-refractivity contribution in [2.24, 2.45) is 0 Å². The molecule has 1 saturated heterocycles. The molecule has 0 aliphatic carbocycles. The maximum Gasteiger partial charge on any atom is 0.223 e. The number of ketones is 1. The fourth-order valence-corrected chi connectivity index (χ4v) is 3.74. The van der Waals surface area contributed by atoms with Gasteiger partial charge in [0, 0.05) is 25.1 Å². The number of likely N-dealkylation sites (tertiary alicyclic amines) is 1. The Labute approximate surface area is 149 Å². The molecule has 0 saturated carbocycles. The second-order valence-corrected chi connectivity index (χ2v) is 7.37. The summed E-state index contributed by atoms with van der Waals surface area (Å²) in [6, 6.07) is 9.85. The highest BCUT2D eigenvalue weighted by Crippen LogP contribution is 2.20. The zero-order valence-corrected chi connectivity index (χ0v) is 15.3. The molecular formula is C20H27NO2S. The molecular weight excluding hydrogens is 318 g/mol. The monoisotopic (exact) mass is 345 g/mol. The Morgan fingerprint density at radius 1 is 1.29 bits per heavy atom. The van der Waals surface area contributed by atoms with E-state index in [1.54, 1.807) is 6.08 Å². The minimum absolute atomic E-state index is 0.0770. The van der Waals surface area contributed by atoms with Gasteiger partial charge in [-0.05, 0) is 36.7 Å². The van der Waals surface area contributed by atoms with Crippen molar-refractivity contribution < 1.29 is 9.59 Å². The van der Waals surface area contributed by atoms with Crippen molar-refractivity contribution in [2.75, 3.05) is 18.1 Å². The number of rotatable bonds is 9. The lowest BCUT2D eigenvalue weighted by atomic mass is 10.00. The molecule has 0 radical (unpaired) electrons. The summed E-state index contributed by atoms with van der Waals surface area (Å²) in [7, 11) is 0. The molecule has 1 heterocycles. The van der Waals surface area contributed by atoms with Gasteiger partial charge >= 0.3 is 0 Å². The third-order valence-electron chi connectivity index (χ3n) is 4.16. The Morgan fingerprint density at radius 2 is 2.08 bits per heavy atom. The number of amides is 1. The first-order valence-electron chi connectivity index (χ1n) is 8.83. The predicted octanol–water partition coefficient (Wildman–Crippen LogP) is 3.88. The van der Waals surface area contributed by atoms with E-state index in [1.165, 1.54) is 0 Å². The van der Waals surface area contributed by atoms with Crippen LogP contribution in [0, 0.1) is 0 Å². The van der Waals surface area contributed by atoms with Gasteiger partial charge in [-0.1, -0.05) is 43.3 Å². The van der Waals surface area contributed by atoms with Crippen LogP contribution < -0.4 is 0 Å². The summed E-state index contributed by atoms with van der Waals surface area (Å²) in [4.78, 5) is 26.3. The minimum Gasteiger partial charge on any atom is -0.335 e. The summed E-state index contributed by atoms with van der Waals surface area (Å²) in [5.74, 6) is 2.43. The lowest BCUT2D eigenvalue weighted by Crippen LogP contribution is -2.43. The highest BCUT2D eigenvalue weighted by molar-refractivity contribution is 7.99. The fourth-order valence-electron chi connectivity index (χ4n) is 2.92. The Bertz CT molecular complexity index is 556. The molecule has 130 valence electrons. The van der Waals surface area contributed by atoms with Crippen molar-refractivity contribution in [3.05, 3.63) is 48.0 Å². The molecule has 1 fully saturated rings. The van der Waals surface area contributed by atoms with Crippen molar-refractivity contribution in [3.63, 3.8) is 0 Å². The van der Waals surface area contributed by atoms with Crippen LogP contribution in [0.15, 0.2) is 42.5 Å². The third-order valence-corrected chi connectivity index (χ3v) is 5.33. The molecule has 0 bridgehead atoms. The summed E-state index contributed by atoms with van der Waals surface area (Å²) in [5.41, 5.74) is 1.03. The number of carbonyl (C=O) groups excluding carboxylic acids is 2. The van der Waals surface area contributed by atoms with Crippen LogP contribution >= 0.6 is 11.8 Å². The highest BCUT2D eigenvalue weighted by Gasteiger charge is 2.25. The Kier molecular flexibility index (Phi) is 8.10. The normalized spacial score (nSPS) is 18.3. The zero-order valence-electron chi connectivity index (χ0n) is 14.4. The molecule has 1 aliphatic heterocycles. The molecule has 0 spiro atoms. The van der Waals surface area contributed by atoms with Crippen molar-refractivity contribution in [1.82, 2.24) is 4.90 Å². The highest BCUT2D eigenvalue weighted by atomic mass is 32.2. The van der Waals surface area contributed by atoms with E-state index >= 15 is 0 Å². The van der Waals surface area contributed by atoms with E-state index in [2.05, 4.69) is 6.92 Å². The molecule has 0 unspecified atom stereocenters. The van der Waals surface area contributed by atoms with Gasteiger partial charge in [-0.2, -0.15) is 11.8 Å². The van der Waals surface area contributed by atoms with Gasteiger partial charge in [-0.3, -0.25) is 9.59 Å². The van der Waals surface area contributed by atoms with E-state index in [0.29, 0.717) is 12.8 Å². The molecule has 4 heteroatoms. The van der Waals surface area contributed by atoms with Gasteiger partial charge in [0.15, 0.2) is 5.78 Å². The van der Waals surface area contributed by atoms with Crippen molar-refractivity contribution in [3.8, 4) is 0 Å². The quantitative estimate of drug-likeness (QED) is 0.503. The molecule has 1 aliphatic rings. The van der Waals surface area contributed by atoms with Crippen LogP contribution in [0.2, 0.25) is 0 Å². The molecule has 1 atom stereocenters. The largest absolute Gasteiger partial charge is 0.335 e. The second kappa shape index (κ2) is 10.3. The molecule has 3 nitrogen and oxygen atoms in total. The number of allylic oxidation sites excluding steroid dienone is 1. The van der Waals surface area contributed by atoms with Gasteiger partial charge in [0.2, 0.25) is 5.91 Å². The van der Waals surface area contributed by atoms with E-state index < -0.39 is 0 Å². The van der Waals surface area contributed by atoms with Crippen LogP contribution in [-0.4, -0.2) is 40.7 Å². The standard InChI is InChI=1S/C20H27NO2S/c1-2-14-24-15-13-21-18(9-6-10-20(21)23)11-12-19(22)16-17-7-4-3-5-8-17/h3-5,7-8,11-12,18H,2,6,9-10,13-16H2,1H3/t18-/m1/s1. The third kappa shape index (κ3) is 6.16. The summed E-state index contributed by atoms with van der Waals surface area (Å²) in [6.45, 7) is 2.95. The Morgan fingerprint density at radius 3 is 2.83 bits per heavy atom. The maximum atomic E-state index is 12.2. The van der Waals surface area contributed by atoms with Gasteiger partial charge in [0.05, 0.1) is 6.04 Å². The number of piperidine rings is 1. The second-order valence-electron chi connectivity index (χ2n) is 6.15. The van der Waals surface area contributed by atoms with Crippen LogP contribution in [0.4, 0.5) is 0 Å². The van der Waals surface area contributed by atoms with Crippen LogP contribution in [-0.2, 0) is 16.0 Å². The minimum atomic E-state index is 0.0770. The van der Waals surface area contributed by atoms with Crippen molar-refractivity contribution in [2.45, 2.75) is 45.1 Å². The van der Waals surface area contributed by atoms with E-state index in [9.17, 15) is 9.59 Å². The summed E-state index contributed by atoms with van der Waals surface area (Å²) >= 11 is 1.89. The van der Waals surface area contributed by atoms with E-state index in [4.69, 9.17) is 0 Å². The van der Waals surface area contributed by atoms with Gasteiger partial charge in [0.25, 0.3) is 0 Å². The average Bonchev–Trinajstić information content (AvgIpc) is 2.59. The van der Waals surface area contributed by atoms with Crippen LogP contribution in [0.3, 0.4) is 0 Å². The van der Waals surface area contributed by atoms with Gasteiger partial charge in [-0.25, -0.2) is 0 Å². The number of carbonyl (C=O) groups is 2. The lowest BCUT2D eigenvalue weighted by molar-refractivity contribution is -0.134. The number of hydrogen-bond donors (Lipinski definition) is 0. The van der Waals surface area contributed by atoms with Crippen LogP contribution in [0.1, 0.15) is 38.2 Å². The molecule has 2 rings (SSSR count). The summed E-state index contributed by atoms with van der Waals surface area (Å²) in [6.07, 6.45) is 7.70. The van der Waals surface area contributed by atoms with Gasteiger partial charge in [0.1, 0.15) is 0 Å². The van der Waals surface area contributed by atoms with E-state index in [-0.39, 0.29) is 17.7 Å². The number of thioether (sulfide) groups is 1. The molecule has 24 heavy (non-hydrogen) atoms. The van der Waals surface area contributed by atoms with E-state index in [0.717, 1.165) is 42.9 Å². The smallest absolute Gasteiger partial charge is 0.223 e. The first-order chi connectivity index (χ1) is 11.7. The number of nitrogens with zero attached hydrogens (tertiary/aromatic N) is 1. The summed E-state index contributed by atoms with van der Waals surface area (Å²) in [5, 5.41) is 0. The fraction of sp³-hybridized carbons (Fsp3) is 0.500. The Balaban J connectivity index is 1.89. The number of hydrogen-bond acceptors (Lipinski definition) is 3. The molecule has 0 N–H and O–H groups in total. The topological polar surface area (TPSA) is 37.4 Å². The SMILES string of the molecule is CCCSCCN1C(=O)CCC[C@@H]1C=CC(=O)Cc1ccccc1. The summed E-state index contributed by atoms with van der Waals surface area (Å²) < 4.78 is 0. The predicted molar refractivity (Wildman–Crippen MR) is 101 cm³/mol. The zero-order chi connectivity index (χ0) is 17.2. The van der Waals surface area contributed by atoms with Crippen LogP contribution in [0.5, 0.6) is 0 Å². The van der Waals surface area contributed by atoms with Crippen molar-refractivity contribution in [1.29, 1.82) is 0 Å². The van der Waals surface area contributed by atoms with Gasteiger partial charge < -0.3 is 4.90 Å². The van der Waals surface area contributed by atoms with Crippen LogP contribution in [0.25, 0.3) is 0 Å². The first kappa shape index (κ1) is 18.8. The molecule has 0 aromatic heterocycles. The number of benzene rings is 1. The lowest BCUT2D eigenvalue weighted by Gasteiger charge is -2.34. The average molecular weight is 346 g/mol. The molecule has 1 aromatic rings. The molecule has 1 amide bonds. The Hall–Kier alpha value is -1.55. The van der Waals surface area contributed by atoms with E-state index in [1.807, 2.05) is 53.1 Å².